The predicted molar refractivity (Wildman–Crippen MR) is 62.7 cm³/mol. The zero-order valence-electron chi connectivity index (χ0n) is 9.43. The van der Waals surface area contributed by atoms with Gasteiger partial charge in [0.2, 0.25) is 0 Å². The number of fused-ring (bicyclic) bond motifs is 1. The van der Waals surface area contributed by atoms with Gasteiger partial charge in [-0.05, 0) is 11.6 Å². The van der Waals surface area contributed by atoms with Crippen LogP contribution in [0.1, 0.15) is 5.56 Å². The third-order valence-corrected chi connectivity index (χ3v) is 2.74. The van der Waals surface area contributed by atoms with E-state index in [1.54, 1.807) is 0 Å². The second kappa shape index (κ2) is 4.99. The number of aromatic nitrogens is 1. The van der Waals surface area contributed by atoms with Crippen LogP contribution < -0.4 is 5.48 Å². The van der Waals surface area contributed by atoms with E-state index >= 15 is 0 Å². The average Bonchev–Trinajstić information content (AvgIpc) is 2.78. The van der Waals surface area contributed by atoms with E-state index in [0.29, 0.717) is 6.42 Å². The molecule has 0 saturated carbocycles. The molecule has 5 heteroatoms. The first-order valence-corrected chi connectivity index (χ1v) is 5.28. The molecular formula is C12H14N2O3. The molecule has 2 aromatic rings. The van der Waals surface area contributed by atoms with Crippen molar-refractivity contribution < 1.29 is 14.7 Å². The van der Waals surface area contributed by atoms with Crippen molar-refractivity contribution in [3.05, 3.63) is 36.0 Å². The number of carbonyl (C=O) groups is 1. The molecule has 0 fully saturated rings. The molecule has 0 aliphatic carbocycles. The van der Waals surface area contributed by atoms with Gasteiger partial charge in [0, 0.05) is 23.5 Å². The maximum Gasteiger partial charge on any atom is 0.325 e. The van der Waals surface area contributed by atoms with Gasteiger partial charge < -0.3 is 14.9 Å². The Hall–Kier alpha value is -1.85. The van der Waals surface area contributed by atoms with E-state index < -0.39 is 12.0 Å². The van der Waals surface area contributed by atoms with Crippen molar-refractivity contribution in [3.8, 4) is 0 Å². The number of H-pyrrole nitrogens is 1. The van der Waals surface area contributed by atoms with E-state index in [4.69, 9.17) is 5.21 Å². The fourth-order valence-electron chi connectivity index (χ4n) is 1.84. The normalized spacial score (nSPS) is 12.6. The van der Waals surface area contributed by atoms with Crippen LogP contribution in [0, 0.1) is 0 Å². The second-order valence-electron chi connectivity index (χ2n) is 3.77. The molecular weight excluding hydrogens is 220 g/mol. The molecule has 2 rings (SSSR count). The van der Waals surface area contributed by atoms with E-state index in [1.807, 2.05) is 35.9 Å². The first-order chi connectivity index (χ1) is 8.26. The third kappa shape index (κ3) is 2.30. The van der Waals surface area contributed by atoms with Gasteiger partial charge in [0.25, 0.3) is 0 Å². The van der Waals surface area contributed by atoms with Gasteiger partial charge in [-0.15, -0.1) is 0 Å². The molecule has 1 aromatic carbocycles. The van der Waals surface area contributed by atoms with Gasteiger partial charge >= 0.3 is 5.97 Å². The van der Waals surface area contributed by atoms with Gasteiger partial charge in [0.15, 0.2) is 0 Å². The van der Waals surface area contributed by atoms with Crippen molar-refractivity contribution >= 4 is 16.9 Å². The number of hydroxylamine groups is 1. The quantitative estimate of drug-likeness (QED) is 0.549. The van der Waals surface area contributed by atoms with Crippen LogP contribution in [0.3, 0.4) is 0 Å². The number of aromatic amines is 1. The number of rotatable bonds is 4. The number of carbonyl (C=O) groups excluding carboxylic acids is 1. The molecule has 90 valence electrons. The Morgan fingerprint density at radius 3 is 3.00 bits per heavy atom. The molecule has 0 aliphatic heterocycles. The number of benzene rings is 1. The Kier molecular flexibility index (Phi) is 3.41. The van der Waals surface area contributed by atoms with Crippen LogP contribution in [-0.4, -0.2) is 29.3 Å². The summed E-state index contributed by atoms with van der Waals surface area (Å²) in [7, 11) is 1.29. The third-order valence-electron chi connectivity index (χ3n) is 2.74. The SMILES string of the molecule is COC(=O)[C@@H](Cc1c[nH]c2ccccc12)NO. The van der Waals surface area contributed by atoms with Gasteiger partial charge in [-0.3, -0.25) is 4.79 Å². The smallest absolute Gasteiger partial charge is 0.325 e. The van der Waals surface area contributed by atoms with Crippen LogP contribution >= 0.6 is 0 Å². The molecule has 1 atom stereocenters. The highest BCUT2D eigenvalue weighted by molar-refractivity contribution is 5.84. The topological polar surface area (TPSA) is 74.4 Å². The highest BCUT2D eigenvalue weighted by Crippen LogP contribution is 2.19. The summed E-state index contributed by atoms with van der Waals surface area (Å²) in [5.41, 5.74) is 3.93. The molecule has 0 amide bonds. The minimum Gasteiger partial charge on any atom is -0.468 e. The molecule has 0 spiro atoms. The number of para-hydroxylation sites is 1. The predicted octanol–water partition coefficient (Wildman–Crippen LogP) is 1.23. The lowest BCUT2D eigenvalue weighted by Gasteiger charge is -2.11. The largest absolute Gasteiger partial charge is 0.468 e. The average molecular weight is 234 g/mol. The zero-order chi connectivity index (χ0) is 12.3. The molecule has 0 bridgehead atoms. The van der Waals surface area contributed by atoms with Crippen molar-refractivity contribution in [3.63, 3.8) is 0 Å². The Morgan fingerprint density at radius 1 is 1.53 bits per heavy atom. The maximum absolute atomic E-state index is 11.4. The molecule has 1 aromatic heterocycles. The van der Waals surface area contributed by atoms with Gasteiger partial charge in [-0.25, -0.2) is 0 Å². The standard InChI is InChI=1S/C12H14N2O3/c1-17-12(15)11(14-16)6-8-7-13-10-5-3-2-4-9(8)10/h2-5,7,11,13-14,16H,6H2,1H3/t11-/m1/s1. The fourth-order valence-corrected chi connectivity index (χ4v) is 1.84. The summed E-state index contributed by atoms with van der Waals surface area (Å²) in [6.45, 7) is 0. The molecule has 5 nitrogen and oxygen atoms in total. The Balaban J connectivity index is 2.25. The lowest BCUT2D eigenvalue weighted by Crippen LogP contribution is -2.37. The summed E-state index contributed by atoms with van der Waals surface area (Å²) in [5, 5.41) is 9.98. The Labute approximate surface area is 98.4 Å². The molecule has 0 aliphatic rings. The molecule has 1 heterocycles. The van der Waals surface area contributed by atoms with Crippen LogP contribution in [0.5, 0.6) is 0 Å². The van der Waals surface area contributed by atoms with Gasteiger partial charge in [0.1, 0.15) is 6.04 Å². The summed E-state index contributed by atoms with van der Waals surface area (Å²) in [4.78, 5) is 14.5. The summed E-state index contributed by atoms with van der Waals surface area (Å²) < 4.78 is 4.59. The summed E-state index contributed by atoms with van der Waals surface area (Å²) in [6, 6.07) is 7.04. The molecule has 3 N–H and O–H groups in total. The van der Waals surface area contributed by atoms with Crippen LogP contribution in [0.2, 0.25) is 0 Å². The van der Waals surface area contributed by atoms with Crippen molar-refractivity contribution in [1.29, 1.82) is 0 Å². The van der Waals surface area contributed by atoms with Crippen LogP contribution in [-0.2, 0) is 16.0 Å². The van der Waals surface area contributed by atoms with E-state index in [1.165, 1.54) is 7.11 Å². The van der Waals surface area contributed by atoms with Crippen molar-refractivity contribution in [2.45, 2.75) is 12.5 Å². The number of hydrogen-bond acceptors (Lipinski definition) is 4. The first-order valence-electron chi connectivity index (χ1n) is 5.28. The molecule has 17 heavy (non-hydrogen) atoms. The zero-order valence-corrected chi connectivity index (χ0v) is 9.43. The highest BCUT2D eigenvalue weighted by atomic mass is 16.5. The Morgan fingerprint density at radius 2 is 2.29 bits per heavy atom. The number of hydrogen-bond donors (Lipinski definition) is 3. The van der Waals surface area contributed by atoms with Gasteiger partial charge in [-0.1, -0.05) is 18.2 Å². The maximum atomic E-state index is 11.4. The van der Waals surface area contributed by atoms with Crippen molar-refractivity contribution in [2.24, 2.45) is 0 Å². The van der Waals surface area contributed by atoms with Crippen LogP contribution in [0.25, 0.3) is 10.9 Å². The van der Waals surface area contributed by atoms with Crippen molar-refractivity contribution in [2.75, 3.05) is 7.11 Å². The first kappa shape index (κ1) is 11.6. The van der Waals surface area contributed by atoms with Gasteiger partial charge in [-0.2, -0.15) is 5.48 Å². The minimum atomic E-state index is -0.751. The van der Waals surface area contributed by atoms with E-state index in [0.717, 1.165) is 16.5 Å². The van der Waals surface area contributed by atoms with E-state index in [2.05, 4.69) is 9.72 Å². The fraction of sp³-hybridized carbons (Fsp3) is 0.250. The second-order valence-corrected chi connectivity index (χ2v) is 3.77. The number of nitrogens with one attached hydrogen (secondary N) is 2. The number of ether oxygens (including phenoxy) is 1. The monoisotopic (exact) mass is 234 g/mol. The van der Waals surface area contributed by atoms with Crippen LogP contribution in [0.4, 0.5) is 0 Å². The van der Waals surface area contributed by atoms with Gasteiger partial charge in [0.05, 0.1) is 7.11 Å². The lowest BCUT2D eigenvalue weighted by atomic mass is 10.1. The molecule has 0 saturated heterocycles. The van der Waals surface area contributed by atoms with E-state index in [-0.39, 0.29) is 0 Å². The summed E-state index contributed by atoms with van der Waals surface area (Å²) in [6.07, 6.45) is 2.20. The summed E-state index contributed by atoms with van der Waals surface area (Å²) in [5.74, 6) is -0.488. The van der Waals surface area contributed by atoms with E-state index in [9.17, 15) is 4.79 Å². The summed E-state index contributed by atoms with van der Waals surface area (Å²) >= 11 is 0. The number of esters is 1. The minimum absolute atomic E-state index is 0.368. The van der Waals surface area contributed by atoms with Crippen molar-refractivity contribution in [1.82, 2.24) is 10.5 Å². The number of methoxy groups -OCH3 is 1. The Bertz CT molecular complexity index is 521. The molecule has 0 radical (unpaired) electrons. The highest BCUT2D eigenvalue weighted by Gasteiger charge is 2.19. The molecule has 0 unspecified atom stereocenters. The lowest BCUT2D eigenvalue weighted by molar-refractivity contribution is -0.145. The van der Waals surface area contributed by atoms with Crippen LogP contribution in [0.15, 0.2) is 30.5 Å².